The van der Waals surface area contributed by atoms with Crippen molar-refractivity contribution in [3.8, 4) is 0 Å². The van der Waals surface area contributed by atoms with Crippen LogP contribution in [0.5, 0.6) is 0 Å². The molecule has 126 valence electrons. The minimum atomic E-state index is -0.361. The Balaban J connectivity index is 1.94. The summed E-state index contributed by atoms with van der Waals surface area (Å²) in [7, 11) is 1.39. The average molecular weight is 325 g/mol. The Morgan fingerprint density at radius 3 is 2.75 bits per heavy atom. The van der Waals surface area contributed by atoms with Gasteiger partial charge >= 0.3 is 5.97 Å². The third kappa shape index (κ3) is 2.36. The van der Waals surface area contributed by atoms with Crippen molar-refractivity contribution in [2.24, 2.45) is 5.92 Å². The van der Waals surface area contributed by atoms with E-state index in [-0.39, 0.29) is 11.8 Å². The Kier molecular flexibility index (Phi) is 3.91. The zero-order valence-corrected chi connectivity index (χ0v) is 14.1. The minimum absolute atomic E-state index is 0.169. The number of carbonyl (C=O) groups is 2. The number of esters is 1. The van der Waals surface area contributed by atoms with E-state index in [0.717, 1.165) is 41.5 Å². The fraction of sp³-hybridized carbons (Fsp3) is 0.500. The zero-order chi connectivity index (χ0) is 16.7. The van der Waals surface area contributed by atoms with Gasteiger partial charge in [-0.25, -0.2) is 4.79 Å². The first-order chi connectivity index (χ1) is 11.7. The van der Waals surface area contributed by atoms with Crippen molar-refractivity contribution in [3.63, 3.8) is 0 Å². The molecule has 1 saturated carbocycles. The number of nitrogens with zero attached hydrogens (tertiary/aromatic N) is 1. The van der Waals surface area contributed by atoms with Crippen LogP contribution >= 0.6 is 0 Å². The number of carbonyl (C=O) groups excluding carboxylic acids is 2. The molecule has 0 radical (unpaired) electrons. The fourth-order valence-corrected chi connectivity index (χ4v) is 4.49. The highest BCUT2D eigenvalue weighted by molar-refractivity contribution is 6.16. The van der Waals surface area contributed by atoms with Gasteiger partial charge in [-0.05, 0) is 43.7 Å². The number of hydrogen-bond donors (Lipinski definition) is 0. The molecule has 2 aliphatic rings. The van der Waals surface area contributed by atoms with Crippen LogP contribution in [0.3, 0.4) is 0 Å². The van der Waals surface area contributed by atoms with Gasteiger partial charge in [0, 0.05) is 35.1 Å². The number of methoxy groups -OCH3 is 1. The molecule has 0 spiro atoms. The summed E-state index contributed by atoms with van der Waals surface area (Å²) < 4.78 is 7.28. The Morgan fingerprint density at radius 2 is 2.00 bits per heavy atom. The molecule has 0 unspecified atom stereocenters. The van der Waals surface area contributed by atoms with Gasteiger partial charge in [-0.1, -0.05) is 18.9 Å². The second-order valence-corrected chi connectivity index (χ2v) is 7.05. The summed E-state index contributed by atoms with van der Waals surface area (Å²) in [6.07, 6.45) is 7.53. The molecule has 1 fully saturated rings. The Morgan fingerprint density at radius 1 is 1.21 bits per heavy atom. The zero-order valence-electron chi connectivity index (χ0n) is 14.1. The van der Waals surface area contributed by atoms with Crippen LogP contribution in [0.1, 0.15) is 64.9 Å². The van der Waals surface area contributed by atoms with Crippen molar-refractivity contribution in [2.75, 3.05) is 7.11 Å². The SMILES string of the molecule is COC(=O)c1cccc2c1c1c(n2CC2CCCC2)CCCC1=O. The van der Waals surface area contributed by atoms with Crippen LogP contribution in [0.25, 0.3) is 10.9 Å². The molecule has 0 amide bonds. The van der Waals surface area contributed by atoms with Crippen LogP contribution in [0.4, 0.5) is 0 Å². The maximum Gasteiger partial charge on any atom is 0.338 e. The van der Waals surface area contributed by atoms with Gasteiger partial charge in [0.1, 0.15) is 0 Å². The molecule has 4 nitrogen and oxygen atoms in total. The standard InChI is InChI=1S/C20H23NO3/c1-24-20(23)14-8-4-9-15-18(14)19-16(10-5-11-17(19)22)21(15)12-13-6-2-3-7-13/h4,8-9,13H,2-3,5-7,10-12H2,1H3. The lowest BCUT2D eigenvalue weighted by Crippen LogP contribution is -2.16. The van der Waals surface area contributed by atoms with E-state index in [1.54, 1.807) is 6.07 Å². The molecule has 0 N–H and O–H groups in total. The van der Waals surface area contributed by atoms with Crippen LogP contribution in [0.15, 0.2) is 18.2 Å². The average Bonchev–Trinajstić information content (AvgIpc) is 3.22. The van der Waals surface area contributed by atoms with Gasteiger partial charge < -0.3 is 9.30 Å². The molecule has 2 aliphatic carbocycles. The lowest BCUT2D eigenvalue weighted by atomic mass is 9.92. The van der Waals surface area contributed by atoms with Gasteiger partial charge in [-0.15, -0.1) is 0 Å². The molecule has 1 aromatic heterocycles. The summed E-state index contributed by atoms with van der Waals surface area (Å²) in [6, 6.07) is 5.72. The number of Topliss-reactive ketones (excluding diaryl/α,β-unsaturated/α-hetero) is 1. The fourth-order valence-electron chi connectivity index (χ4n) is 4.49. The van der Waals surface area contributed by atoms with Gasteiger partial charge in [-0.3, -0.25) is 4.79 Å². The van der Waals surface area contributed by atoms with Crippen molar-refractivity contribution in [2.45, 2.75) is 51.5 Å². The predicted molar refractivity (Wildman–Crippen MR) is 92.5 cm³/mol. The van der Waals surface area contributed by atoms with Gasteiger partial charge in [0.2, 0.25) is 0 Å². The van der Waals surface area contributed by atoms with E-state index in [0.29, 0.717) is 17.9 Å². The predicted octanol–water partition coefficient (Wildman–Crippen LogP) is 4.14. The molecular formula is C20H23NO3. The molecular weight excluding hydrogens is 302 g/mol. The third-order valence-corrected chi connectivity index (χ3v) is 5.61. The van der Waals surface area contributed by atoms with Gasteiger partial charge in [0.15, 0.2) is 5.78 Å². The van der Waals surface area contributed by atoms with Crippen molar-refractivity contribution in [1.29, 1.82) is 0 Å². The largest absolute Gasteiger partial charge is 0.465 e. The number of aromatic nitrogens is 1. The number of fused-ring (bicyclic) bond motifs is 3. The quantitative estimate of drug-likeness (QED) is 0.797. The third-order valence-electron chi connectivity index (χ3n) is 5.61. The molecule has 0 saturated heterocycles. The monoisotopic (exact) mass is 325 g/mol. The number of ether oxygens (including phenoxy) is 1. The highest BCUT2D eigenvalue weighted by Gasteiger charge is 2.30. The van der Waals surface area contributed by atoms with E-state index < -0.39 is 0 Å². The van der Waals surface area contributed by atoms with Gasteiger partial charge in [-0.2, -0.15) is 0 Å². The van der Waals surface area contributed by atoms with Crippen LogP contribution in [-0.4, -0.2) is 23.4 Å². The van der Waals surface area contributed by atoms with Crippen LogP contribution in [-0.2, 0) is 17.7 Å². The van der Waals surface area contributed by atoms with E-state index in [1.807, 2.05) is 12.1 Å². The lowest BCUT2D eigenvalue weighted by molar-refractivity contribution is 0.0603. The highest BCUT2D eigenvalue weighted by atomic mass is 16.5. The van der Waals surface area contributed by atoms with Crippen molar-refractivity contribution < 1.29 is 14.3 Å². The summed E-state index contributed by atoms with van der Waals surface area (Å²) >= 11 is 0. The number of ketones is 1. The molecule has 1 aromatic carbocycles. The molecule has 0 atom stereocenters. The molecule has 24 heavy (non-hydrogen) atoms. The summed E-state index contributed by atoms with van der Waals surface area (Å²) in [5.41, 5.74) is 3.44. The number of rotatable bonds is 3. The Hall–Kier alpha value is -2.10. The first-order valence-corrected chi connectivity index (χ1v) is 8.96. The molecule has 0 bridgehead atoms. The molecule has 4 rings (SSSR count). The Bertz CT molecular complexity index is 812. The maximum atomic E-state index is 12.6. The van der Waals surface area contributed by atoms with E-state index in [2.05, 4.69) is 4.57 Å². The summed E-state index contributed by atoms with van der Waals surface area (Å²) in [6.45, 7) is 0.962. The smallest absolute Gasteiger partial charge is 0.338 e. The normalized spacial score (nSPS) is 18.1. The second-order valence-electron chi connectivity index (χ2n) is 7.05. The summed E-state index contributed by atoms with van der Waals surface area (Å²) in [4.78, 5) is 24.9. The van der Waals surface area contributed by atoms with E-state index in [1.165, 1.54) is 32.8 Å². The number of benzene rings is 1. The van der Waals surface area contributed by atoms with Gasteiger partial charge in [0.05, 0.1) is 12.7 Å². The number of hydrogen-bond acceptors (Lipinski definition) is 3. The minimum Gasteiger partial charge on any atom is -0.465 e. The first-order valence-electron chi connectivity index (χ1n) is 8.96. The van der Waals surface area contributed by atoms with Crippen LogP contribution in [0, 0.1) is 5.92 Å². The molecule has 1 heterocycles. The van der Waals surface area contributed by atoms with E-state index in [4.69, 9.17) is 4.74 Å². The van der Waals surface area contributed by atoms with E-state index >= 15 is 0 Å². The van der Waals surface area contributed by atoms with Crippen molar-refractivity contribution in [1.82, 2.24) is 4.57 Å². The van der Waals surface area contributed by atoms with Crippen molar-refractivity contribution in [3.05, 3.63) is 35.0 Å². The van der Waals surface area contributed by atoms with Crippen LogP contribution < -0.4 is 0 Å². The summed E-state index contributed by atoms with van der Waals surface area (Å²) in [5.74, 6) is 0.492. The van der Waals surface area contributed by atoms with Crippen LogP contribution in [0.2, 0.25) is 0 Å². The molecule has 0 aliphatic heterocycles. The topological polar surface area (TPSA) is 48.3 Å². The lowest BCUT2D eigenvalue weighted by Gasteiger charge is -2.18. The second kappa shape index (κ2) is 6.08. The Labute approximate surface area is 141 Å². The van der Waals surface area contributed by atoms with E-state index in [9.17, 15) is 9.59 Å². The molecule has 2 aromatic rings. The van der Waals surface area contributed by atoms with Gasteiger partial charge in [0.25, 0.3) is 0 Å². The summed E-state index contributed by atoms with van der Waals surface area (Å²) in [5, 5.41) is 0.807. The highest BCUT2D eigenvalue weighted by Crippen LogP contribution is 2.37. The first kappa shape index (κ1) is 15.4. The maximum absolute atomic E-state index is 12.6. The van der Waals surface area contributed by atoms with Crippen molar-refractivity contribution >= 4 is 22.7 Å². The molecule has 4 heteroatoms.